The highest BCUT2D eigenvalue weighted by atomic mass is 16.1. The lowest BCUT2D eigenvalue weighted by atomic mass is 10.2. The Bertz CT molecular complexity index is 487. The van der Waals surface area contributed by atoms with Gasteiger partial charge in [-0.15, -0.1) is 0 Å². The van der Waals surface area contributed by atoms with E-state index in [0.29, 0.717) is 5.56 Å². The second-order valence-electron chi connectivity index (χ2n) is 3.15. The first-order valence-corrected chi connectivity index (χ1v) is 4.38. The first-order chi connectivity index (χ1) is 6.72. The molecule has 72 valence electrons. The van der Waals surface area contributed by atoms with Gasteiger partial charge in [-0.25, -0.2) is 4.98 Å². The lowest BCUT2D eigenvalue weighted by molar-refractivity contribution is 0.0962. The van der Waals surface area contributed by atoms with E-state index >= 15 is 0 Å². The Morgan fingerprint density at radius 1 is 1.57 bits per heavy atom. The van der Waals surface area contributed by atoms with Gasteiger partial charge in [0.2, 0.25) is 0 Å². The minimum atomic E-state index is -0.0799. The van der Waals surface area contributed by atoms with Crippen molar-refractivity contribution in [3.05, 3.63) is 35.8 Å². The third kappa shape index (κ3) is 1.25. The zero-order valence-electron chi connectivity index (χ0n) is 8.11. The number of carbonyl (C=O) groups excluding carboxylic acids is 1. The number of hydrogen-bond acceptors (Lipinski definition) is 2. The maximum absolute atomic E-state index is 11.4. The molecule has 1 amide bonds. The lowest BCUT2D eigenvalue weighted by Crippen LogP contribution is -2.18. The number of aromatic nitrogens is 2. The average molecular weight is 189 g/mol. The van der Waals surface area contributed by atoms with Crippen LogP contribution in [0.1, 0.15) is 15.9 Å². The van der Waals surface area contributed by atoms with Crippen molar-refractivity contribution in [2.75, 3.05) is 7.05 Å². The van der Waals surface area contributed by atoms with E-state index in [1.165, 1.54) is 0 Å². The normalized spacial score (nSPS) is 10.4. The van der Waals surface area contributed by atoms with Crippen molar-refractivity contribution >= 4 is 11.6 Å². The second-order valence-corrected chi connectivity index (χ2v) is 3.15. The van der Waals surface area contributed by atoms with E-state index in [1.807, 2.05) is 23.6 Å². The zero-order valence-corrected chi connectivity index (χ0v) is 8.11. The largest absolute Gasteiger partial charge is 0.355 e. The maximum Gasteiger partial charge on any atom is 0.252 e. The van der Waals surface area contributed by atoms with E-state index in [-0.39, 0.29) is 5.91 Å². The number of aryl methyl sites for hydroxylation is 1. The molecule has 0 aromatic carbocycles. The fourth-order valence-corrected chi connectivity index (χ4v) is 1.48. The van der Waals surface area contributed by atoms with E-state index in [9.17, 15) is 4.79 Å². The topological polar surface area (TPSA) is 46.4 Å². The van der Waals surface area contributed by atoms with Gasteiger partial charge >= 0.3 is 0 Å². The van der Waals surface area contributed by atoms with Crippen LogP contribution in [0.2, 0.25) is 0 Å². The lowest BCUT2D eigenvalue weighted by Gasteiger charge is -2.03. The summed E-state index contributed by atoms with van der Waals surface area (Å²) in [6.07, 6.45) is 5.32. The van der Waals surface area contributed by atoms with Crippen molar-refractivity contribution < 1.29 is 4.79 Å². The molecule has 2 aromatic heterocycles. The number of pyridine rings is 1. The number of fused-ring (bicyclic) bond motifs is 1. The molecule has 0 aliphatic rings. The SMILES string of the molecule is CNC(=O)c1cc(C)c2nccn2c1. The van der Waals surface area contributed by atoms with Gasteiger partial charge in [-0.1, -0.05) is 0 Å². The Labute approximate surface area is 81.6 Å². The van der Waals surface area contributed by atoms with Crippen molar-refractivity contribution in [3.63, 3.8) is 0 Å². The van der Waals surface area contributed by atoms with Crippen LogP contribution in [-0.2, 0) is 0 Å². The molecule has 0 aliphatic heterocycles. The van der Waals surface area contributed by atoms with Gasteiger partial charge in [0.05, 0.1) is 5.56 Å². The number of carbonyl (C=O) groups is 1. The van der Waals surface area contributed by atoms with E-state index in [0.717, 1.165) is 11.2 Å². The van der Waals surface area contributed by atoms with E-state index in [4.69, 9.17) is 0 Å². The third-order valence-electron chi connectivity index (χ3n) is 2.16. The molecule has 0 unspecified atom stereocenters. The van der Waals surface area contributed by atoms with Gasteiger partial charge in [-0.2, -0.15) is 0 Å². The number of hydrogen-bond donors (Lipinski definition) is 1. The molecule has 0 radical (unpaired) electrons. The van der Waals surface area contributed by atoms with Crippen LogP contribution in [0, 0.1) is 6.92 Å². The number of nitrogens with one attached hydrogen (secondary N) is 1. The number of amides is 1. The molecule has 0 bridgehead atoms. The molecule has 0 spiro atoms. The smallest absolute Gasteiger partial charge is 0.252 e. The van der Waals surface area contributed by atoms with Gasteiger partial charge in [0.15, 0.2) is 0 Å². The number of nitrogens with zero attached hydrogens (tertiary/aromatic N) is 2. The molecule has 2 heterocycles. The van der Waals surface area contributed by atoms with E-state index in [2.05, 4.69) is 10.3 Å². The molecule has 0 aliphatic carbocycles. The second kappa shape index (κ2) is 3.14. The molecule has 0 atom stereocenters. The summed E-state index contributed by atoms with van der Waals surface area (Å²) >= 11 is 0. The minimum Gasteiger partial charge on any atom is -0.355 e. The summed E-state index contributed by atoms with van der Waals surface area (Å²) in [5.41, 5.74) is 2.53. The Balaban J connectivity index is 2.64. The van der Waals surface area contributed by atoms with Crippen molar-refractivity contribution in [2.45, 2.75) is 6.92 Å². The zero-order chi connectivity index (χ0) is 10.1. The molecule has 0 fully saturated rings. The molecule has 0 saturated carbocycles. The summed E-state index contributed by atoms with van der Waals surface area (Å²) in [5.74, 6) is -0.0799. The van der Waals surface area contributed by atoms with Gasteiger partial charge in [0.25, 0.3) is 5.91 Å². The molecular weight excluding hydrogens is 178 g/mol. The quantitative estimate of drug-likeness (QED) is 0.727. The minimum absolute atomic E-state index is 0.0799. The summed E-state index contributed by atoms with van der Waals surface area (Å²) < 4.78 is 1.85. The number of rotatable bonds is 1. The fourth-order valence-electron chi connectivity index (χ4n) is 1.48. The predicted octanol–water partition coefficient (Wildman–Crippen LogP) is 1.00. The molecule has 4 nitrogen and oxygen atoms in total. The first-order valence-electron chi connectivity index (χ1n) is 4.38. The van der Waals surface area contributed by atoms with Crippen LogP contribution in [0.15, 0.2) is 24.7 Å². The van der Waals surface area contributed by atoms with Crippen LogP contribution in [0.25, 0.3) is 5.65 Å². The molecule has 0 saturated heterocycles. The Hall–Kier alpha value is -1.84. The predicted molar refractivity (Wildman–Crippen MR) is 53.3 cm³/mol. The molecule has 2 aromatic rings. The van der Waals surface area contributed by atoms with Gasteiger partial charge < -0.3 is 9.72 Å². The monoisotopic (exact) mass is 189 g/mol. The molecule has 4 heteroatoms. The molecule has 2 rings (SSSR count). The molecule has 14 heavy (non-hydrogen) atoms. The summed E-state index contributed by atoms with van der Waals surface area (Å²) in [6, 6.07) is 1.83. The highest BCUT2D eigenvalue weighted by Crippen LogP contribution is 2.10. The number of imidazole rings is 1. The summed E-state index contributed by atoms with van der Waals surface area (Å²) in [7, 11) is 1.62. The summed E-state index contributed by atoms with van der Waals surface area (Å²) in [4.78, 5) is 15.6. The van der Waals surface area contributed by atoms with Crippen molar-refractivity contribution in [1.29, 1.82) is 0 Å². The Kier molecular flexibility index (Phi) is 1.96. The summed E-state index contributed by atoms with van der Waals surface area (Å²) in [5, 5.41) is 2.59. The van der Waals surface area contributed by atoms with Crippen LogP contribution < -0.4 is 5.32 Å². The van der Waals surface area contributed by atoms with Crippen molar-refractivity contribution in [2.24, 2.45) is 0 Å². The fraction of sp³-hybridized carbons (Fsp3) is 0.200. The van der Waals surface area contributed by atoms with E-state index in [1.54, 1.807) is 19.4 Å². The van der Waals surface area contributed by atoms with Crippen molar-refractivity contribution in [1.82, 2.24) is 14.7 Å². The highest BCUT2D eigenvalue weighted by Gasteiger charge is 2.06. The van der Waals surface area contributed by atoms with Crippen LogP contribution >= 0.6 is 0 Å². The van der Waals surface area contributed by atoms with Gasteiger partial charge in [0, 0.05) is 25.6 Å². The van der Waals surface area contributed by atoms with Crippen LogP contribution in [-0.4, -0.2) is 22.3 Å². The Morgan fingerprint density at radius 3 is 3.07 bits per heavy atom. The molecule has 1 N–H and O–H groups in total. The molecular formula is C10H11N3O. The summed E-state index contributed by atoms with van der Waals surface area (Å²) in [6.45, 7) is 1.94. The van der Waals surface area contributed by atoms with Crippen LogP contribution in [0.5, 0.6) is 0 Å². The van der Waals surface area contributed by atoms with Crippen molar-refractivity contribution in [3.8, 4) is 0 Å². The highest BCUT2D eigenvalue weighted by molar-refractivity contribution is 5.94. The maximum atomic E-state index is 11.4. The van der Waals surface area contributed by atoms with Gasteiger partial charge in [0.1, 0.15) is 5.65 Å². The Morgan fingerprint density at radius 2 is 2.36 bits per heavy atom. The first kappa shape index (κ1) is 8.74. The third-order valence-corrected chi connectivity index (χ3v) is 2.16. The van der Waals surface area contributed by atoms with Gasteiger partial charge in [-0.3, -0.25) is 4.79 Å². The average Bonchev–Trinajstić information content (AvgIpc) is 2.64. The van der Waals surface area contributed by atoms with Crippen LogP contribution in [0.3, 0.4) is 0 Å². The van der Waals surface area contributed by atoms with Crippen LogP contribution in [0.4, 0.5) is 0 Å². The van der Waals surface area contributed by atoms with E-state index < -0.39 is 0 Å². The standard InChI is InChI=1S/C10H11N3O/c1-7-5-8(10(14)11-2)6-13-4-3-12-9(7)13/h3-6H,1-2H3,(H,11,14). The van der Waals surface area contributed by atoms with Gasteiger partial charge in [-0.05, 0) is 18.6 Å².